The first-order valence-electron chi connectivity index (χ1n) is 7.89. The lowest BCUT2D eigenvalue weighted by atomic mass is 10.2. The summed E-state index contributed by atoms with van der Waals surface area (Å²) in [5, 5.41) is 2.33. The lowest BCUT2D eigenvalue weighted by Gasteiger charge is -2.28. The highest BCUT2D eigenvalue weighted by atomic mass is 32.2. The Kier molecular flexibility index (Phi) is 6.36. The van der Waals surface area contributed by atoms with E-state index in [0.29, 0.717) is 16.4 Å². The van der Waals surface area contributed by atoms with Crippen LogP contribution in [-0.2, 0) is 14.8 Å². The number of hydrogen-bond donors (Lipinski definition) is 1. The van der Waals surface area contributed by atoms with Crippen molar-refractivity contribution >= 4 is 27.3 Å². The molecule has 0 bridgehead atoms. The smallest absolute Gasteiger partial charge is 0.406 e. The number of sulfonamides is 1. The van der Waals surface area contributed by atoms with Crippen molar-refractivity contribution in [2.45, 2.75) is 19.3 Å². The van der Waals surface area contributed by atoms with Gasteiger partial charge in [-0.2, -0.15) is 0 Å². The van der Waals surface area contributed by atoms with Crippen molar-refractivity contribution < 1.29 is 39.9 Å². The van der Waals surface area contributed by atoms with Crippen LogP contribution in [-0.4, -0.2) is 33.0 Å². The minimum Gasteiger partial charge on any atom is -0.406 e. The van der Waals surface area contributed by atoms with E-state index < -0.39 is 45.7 Å². The SMILES string of the molecule is C[C@@H](C(=O)Nc1ccc(OC(F)(F)F)cc1)N(c1ccc(F)c(F)c1)S(C)(=O)=O. The molecular weight excluding hydrogens is 423 g/mol. The first-order chi connectivity index (χ1) is 13.3. The zero-order valence-electron chi connectivity index (χ0n) is 15.0. The normalized spacial score (nSPS) is 12.9. The van der Waals surface area contributed by atoms with Crippen LogP contribution in [0.25, 0.3) is 0 Å². The first kappa shape index (κ1) is 22.4. The van der Waals surface area contributed by atoms with Gasteiger partial charge in [-0.15, -0.1) is 13.2 Å². The zero-order chi connectivity index (χ0) is 22.0. The number of benzene rings is 2. The molecule has 12 heteroatoms. The molecule has 0 radical (unpaired) electrons. The molecular formula is C17H15F5N2O4S. The van der Waals surface area contributed by atoms with Crippen molar-refractivity contribution in [3.05, 3.63) is 54.1 Å². The van der Waals surface area contributed by atoms with E-state index in [2.05, 4.69) is 10.1 Å². The number of rotatable bonds is 6. The van der Waals surface area contributed by atoms with Gasteiger partial charge in [-0.1, -0.05) is 0 Å². The van der Waals surface area contributed by atoms with Gasteiger partial charge in [-0.3, -0.25) is 9.10 Å². The maximum Gasteiger partial charge on any atom is 0.573 e. The third kappa shape index (κ3) is 6.04. The van der Waals surface area contributed by atoms with Gasteiger partial charge in [0.15, 0.2) is 11.6 Å². The van der Waals surface area contributed by atoms with Crippen molar-refractivity contribution in [2.24, 2.45) is 0 Å². The number of nitrogens with zero attached hydrogens (tertiary/aromatic N) is 1. The molecule has 6 nitrogen and oxygen atoms in total. The second kappa shape index (κ2) is 8.23. The third-order valence-corrected chi connectivity index (χ3v) is 4.84. The number of carbonyl (C=O) groups is 1. The van der Waals surface area contributed by atoms with Crippen LogP contribution >= 0.6 is 0 Å². The fraction of sp³-hybridized carbons (Fsp3) is 0.235. The fourth-order valence-corrected chi connectivity index (χ4v) is 3.58. The van der Waals surface area contributed by atoms with E-state index in [1.54, 1.807) is 0 Å². The summed E-state index contributed by atoms with van der Waals surface area (Å²) < 4.78 is 91.7. The predicted octanol–water partition coefficient (Wildman–Crippen LogP) is 3.66. The summed E-state index contributed by atoms with van der Waals surface area (Å²) in [5.74, 6) is -3.86. The number of halogens is 5. The minimum absolute atomic E-state index is 0.0649. The Labute approximate surface area is 162 Å². The molecule has 29 heavy (non-hydrogen) atoms. The quantitative estimate of drug-likeness (QED) is 0.699. The summed E-state index contributed by atoms with van der Waals surface area (Å²) in [6, 6.07) is 5.10. The monoisotopic (exact) mass is 438 g/mol. The standard InChI is InChI=1S/C17H15F5N2O4S/c1-10(24(29(2,26)27)12-5-8-14(18)15(19)9-12)16(25)23-11-3-6-13(7-4-11)28-17(20,21)22/h3-10H,1-2H3,(H,23,25)/t10-/m0/s1. The molecule has 2 rings (SSSR count). The first-order valence-corrected chi connectivity index (χ1v) is 9.74. The minimum atomic E-state index is -4.88. The molecule has 0 aliphatic rings. The summed E-state index contributed by atoms with van der Waals surface area (Å²) in [6.07, 6.45) is -4.10. The largest absolute Gasteiger partial charge is 0.573 e. The van der Waals surface area contributed by atoms with Gasteiger partial charge in [-0.25, -0.2) is 17.2 Å². The average Bonchev–Trinajstić information content (AvgIpc) is 2.57. The third-order valence-electron chi connectivity index (χ3n) is 3.60. The number of ether oxygens (including phenoxy) is 1. The summed E-state index contributed by atoms with van der Waals surface area (Å²) in [7, 11) is -4.07. The van der Waals surface area contributed by atoms with Crippen molar-refractivity contribution in [2.75, 3.05) is 15.9 Å². The molecule has 0 aliphatic heterocycles. The van der Waals surface area contributed by atoms with E-state index in [1.165, 1.54) is 6.92 Å². The van der Waals surface area contributed by atoms with Crippen LogP contribution in [0.2, 0.25) is 0 Å². The Morgan fingerprint density at radius 2 is 1.66 bits per heavy atom. The van der Waals surface area contributed by atoms with Crippen molar-refractivity contribution in [3.8, 4) is 5.75 Å². The van der Waals surface area contributed by atoms with E-state index >= 15 is 0 Å². The maximum absolute atomic E-state index is 13.5. The molecule has 0 heterocycles. The lowest BCUT2D eigenvalue weighted by molar-refractivity contribution is -0.274. The second-order valence-corrected chi connectivity index (χ2v) is 7.75. The predicted molar refractivity (Wildman–Crippen MR) is 94.9 cm³/mol. The van der Waals surface area contributed by atoms with Crippen molar-refractivity contribution in [1.82, 2.24) is 0 Å². The van der Waals surface area contributed by atoms with Crippen LogP contribution in [0.15, 0.2) is 42.5 Å². The molecule has 0 saturated carbocycles. The number of nitrogens with one attached hydrogen (secondary N) is 1. The van der Waals surface area contributed by atoms with Gasteiger partial charge in [-0.05, 0) is 43.3 Å². The van der Waals surface area contributed by atoms with E-state index in [4.69, 9.17) is 0 Å². The van der Waals surface area contributed by atoms with Crippen LogP contribution in [0.5, 0.6) is 5.75 Å². The second-order valence-electron chi connectivity index (χ2n) is 5.89. The Hall–Kier alpha value is -2.89. The molecule has 0 spiro atoms. The van der Waals surface area contributed by atoms with Gasteiger partial charge in [0, 0.05) is 11.8 Å². The summed E-state index contributed by atoms with van der Waals surface area (Å²) in [6.45, 7) is 1.21. The summed E-state index contributed by atoms with van der Waals surface area (Å²) in [4.78, 5) is 12.4. The Bertz CT molecular complexity index is 994. The Balaban J connectivity index is 2.22. The molecule has 0 aromatic heterocycles. The lowest BCUT2D eigenvalue weighted by Crippen LogP contribution is -2.45. The van der Waals surface area contributed by atoms with Crippen molar-refractivity contribution in [3.63, 3.8) is 0 Å². The van der Waals surface area contributed by atoms with E-state index in [-0.39, 0.29) is 11.4 Å². The summed E-state index contributed by atoms with van der Waals surface area (Å²) >= 11 is 0. The maximum atomic E-state index is 13.5. The molecule has 2 aromatic carbocycles. The van der Waals surface area contributed by atoms with Crippen LogP contribution in [0.3, 0.4) is 0 Å². The summed E-state index contributed by atoms with van der Waals surface area (Å²) in [5.41, 5.74) is -0.210. The van der Waals surface area contributed by atoms with Crippen LogP contribution < -0.4 is 14.4 Å². The highest BCUT2D eigenvalue weighted by Crippen LogP contribution is 2.26. The van der Waals surface area contributed by atoms with E-state index in [9.17, 15) is 35.2 Å². The molecule has 0 fully saturated rings. The molecule has 1 amide bonds. The van der Waals surface area contributed by atoms with Crippen molar-refractivity contribution in [1.29, 1.82) is 0 Å². The molecule has 0 aliphatic carbocycles. The molecule has 158 valence electrons. The van der Waals surface area contributed by atoms with E-state index in [0.717, 1.165) is 36.6 Å². The molecule has 1 atom stereocenters. The molecule has 0 unspecified atom stereocenters. The van der Waals surface area contributed by atoms with E-state index in [1.807, 2.05) is 0 Å². The van der Waals surface area contributed by atoms with Crippen LogP contribution in [0, 0.1) is 11.6 Å². The Morgan fingerprint density at radius 3 is 2.14 bits per heavy atom. The Morgan fingerprint density at radius 1 is 1.07 bits per heavy atom. The van der Waals surface area contributed by atoms with Gasteiger partial charge < -0.3 is 10.1 Å². The fourth-order valence-electron chi connectivity index (χ4n) is 2.42. The van der Waals surface area contributed by atoms with Gasteiger partial charge in [0.25, 0.3) is 0 Å². The van der Waals surface area contributed by atoms with Gasteiger partial charge in [0.2, 0.25) is 15.9 Å². The number of hydrogen-bond acceptors (Lipinski definition) is 4. The number of carbonyl (C=O) groups excluding carboxylic acids is 1. The highest BCUT2D eigenvalue weighted by molar-refractivity contribution is 7.92. The van der Waals surface area contributed by atoms with Gasteiger partial charge in [0.1, 0.15) is 11.8 Å². The zero-order valence-corrected chi connectivity index (χ0v) is 15.8. The number of anilines is 2. The highest BCUT2D eigenvalue weighted by Gasteiger charge is 2.31. The van der Waals surface area contributed by atoms with Crippen LogP contribution in [0.4, 0.5) is 33.3 Å². The molecule has 2 aromatic rings. The van der Waals surface area contributed by atoms with Crippen LogP contribution in [0.1, 0.15) is 6.92 Å². The van der Waals surface area contributed by atoms with Gasteiger partial charge in [0.05, 0.1) is 11.9 Å². The number of amides is 1. The molecule has 1 N–H and O–H groups in total. The average molecular weight is 438 g/mol. The number of alkyl halides is 3. The van der Waals surface area contributed by atoms with Gasteiger partial charge >= 0.3 is 6.36 Å². The topological polar surface area (TPSA) is 75.7 Å². The molecule has 0 saturated heterocycles.